The minimum atomic E-state index is 0.119. The molecule has 3 aromatic rings. The van der Waals surface area contributed by atoms with Gasteiger partial charge in [-0.25, -0.2) is 0 Å². The second-order valence-electron chi connectivity index (χ2n) is 4.34. The molecule has 2 heterocycles. The van der Waals surface area contributed by atoms with Crippen LogP contribution in [0.15, 0.2) is 50.7 Å². The molecule has 2 nitrogen and oxygen atoms in total. The van der Waals surface area contributed by atoms with Crippen LogP contribution in [0.2, 0.25) is 0 Å². The van der Waals surface area contributed by atoms with Gasteiger partial charge in [-0.05, 0) is 40.7 Å². The molecule has 1 aromatic carbocycles. The van der Waals surface area contributed by atoms with Gasteiger partial charge in [-0.15, -0.1) is 11.3 Å². The topological polar surface area (TPSA) is 25.2 Å². The molecule has 0 spiro atoms. The normalized spacial score (nSPS) is 12.9. The zero-order chi connectivity index (χ0) is 13.2. The summed E-state index contributed by atoms with van der Waals surface area (Å²) in [5.74, 6) is 0.970. The number of nitrogens with one attached hydrogen (secondary N) is 1. The van der Waals surface area contributed by atoms with E-state index in [0.29, 0.717) is 0 Å². The van der Waals surface area contributed by atoms with Gasteiger partial charge in [0.2, 0.25) is 0 Å². The molecule has 4 heteroatoms. The largest absolute Gasteiger partial charge is 0.459 e. The average Bonchev–Trinajstić information content (AvgIpc) is 3.01. The van der Waals surface area contributed by atoms with Gasteiger partial charge in [-0.1, -0.05) is 25.1 Å². The van der Waals surface area contributed by atoms with Crippen LogP contribution in [0.25, 0.3) is 11.0 Å². The van der Waals surface area contributed by atoms with Crippen LogP contribution in [0, 0.1) is 0 Å². The van der Waals surface area contributed by atoms with Gasteiger partial charge < -0.3 is 9.73 Å². The van der Waals surface area contributed by atoms with Crippen molar-refractivity contribution in [2.75, 3.05) is 6.54 Å². The number of thiophene rings is 1. The highest BCUT2D eigenvalue weighted by Crippen LogP contribution is 2.32. The van der Waals surface area contributed by atoms with Crippen molar-refractivity contribution in [3.63, 3.8) is 0 Å². The quantitative estimate of drug-likeness (QED) is 0.729. The van der Waals surface area contributed by atoms with Crippen LogP contribution in [0.1, 0.15) is 23.6 Å². The summed E-state index contributed by atoms with van der Waals surface area (Å²) in [7, 11) is 0. The summed E-state index contributed by atoms with van der Waals surface area (Å²) in [6.45, 7) is 3.01. The number of rotatable bonds is 4. The van der Waals surface area contributed by atoms with Crippen LogP contribution in [0.3, 0.4) is 0 Å². The predicted octanol–water partition coefficient (Wildman–Crippen LogP) is 4.96. The number of furan rings is 1. The molecule has 0 saturated heterocycles. The lowest BCUT2D eigenvalue weighted by molar-refractivity contribution is 0.481. The van der Waals surface area contributed by atoms with Gasteiger partial charge in [0, 0.05) is 20.1 Å². The smallest absolute Gasteiger partial charge is 0.134 e. The van der Waals surface area contributed by atoms with Crippen LogP contribution < -0.4 is 5.32 Å². The number of fused-ring (bicyclic) bond motifs is 1. The lowest BCUT2D eigenvalue weighted by Crippen LogP contribution is -2.20. The van der Waals surface area contributed by atoms with E-state index in [1.54, 1.807) is 11.3 Å². The van der Waals surface area contributed by atoms with E-state index in [0.717, 1.165) is 27.7 Å². The molecule has 3 rings (SSSR count). The highest BCUT2D eigenvalue weighted by Gasteiger charge is 2.19. The van der Waals surface area contributed by atoms with Crippen molar-refractivity contribution in [1.29, 1.82) is 0 Å². The van der Waals surface area contributed by atoms with Gasteiger partial charge in [0.25, 0.3) is 0 Å². The Hall–Kier alpha value is -1.10. The van der Waals surface area contributed by atoms with E-state index in [-0.39, 0.29) is 6.04 Å². The molecule has 1 N–H and O–H groups in total. The number of halogens is 1. The van der Waals surface area contributed by atoms with Crippen molar-refractivity contribution in [1.82, 2.24) is 5.32 Å². The summed E-state index contributed by atoms with van der Waals surface area (Å²) in [6.07, 6.45) is 0. The average molecular weight is 336 g/mol. The lowest BCUT2D eigenvalue weighted by Gasteiger charge is -2.13. The molecule has 0 aliphatic rings. The molecular weight excluding hydrogens is 322 g/mol. The first kappa shape index (κ1) is 12.9. The number of para-hydroxylation sites is 1. The Morgan fingerprint density at radius 1 is 1.32 bits per heavy atom. The summed E-state index contributed by atoms with van der Waals surface area (Å²) in [4.78, 5) is 1.26. The van der Waals surface area contributed by atoms with E-state index in [4.69, 9.17) is 4.42 Å². The molecular formula is C15H14BrNOS. The fourth-order valence-corrected chi connectivity index (χ4v) is 3.70. The minimum absolute atomic E-state index is 0.119. The van der Waals surface area contributed by atoms with Crippen LogP contribution in [0.5, 0.6) is 0 Å². The second-order valence-corrected chi connectivity index (χ2v) is 6.20. The van der Waals surface area contributed by atoms with Gasteiger partial charge in [0.15, 0.2) is 0 Å². The van der Waals surface area contributed by atoms with Gasteiger partial charge in [0.1, 0.15) is 17.4 Å². The van der Waals surface area contributed by atoms with E-state index in [2.05, 4.69) is 51.7 Å². The third-order valence-electron chi connectivity index (χ3n) is 3.01. The molecule has 0 radical (unpaired) electrons. The van der Waals surface area contributed by atoms with E-state index >= 15 is 0 Å². The van der Waals surface area contributed by atoms with E-state index in [9.17, 15) is 0 Å². The highest BCUT2D eigenvalue weighted by atomic mass is 79.9. The maximum atomic E-state index is 5.98. The maximum absolute atomic E-state index is 5.98. The molecule has 98 valence electrons. The summed E-state index contributed by atoms with van der Waals surface area (Å²) in [5, 5.41) is 6.73. The maximum Gasteiger partial charge on any atom is 0.134 e. The van der Waals surface area contributed by atoms with Crippen molar-refractivity contribution in [2.45, 2.75) is 13.0 Å². The second kappa shape index (κ2) is 5.49. The van der Waals surface area contributed by atoms with Crippen molar-refractivity contribution < 1.29 is 4.42 Å². The van der Waals surface area contributed by atoms with Crippen molar-refractivity contribution in [3.8, 4) is 0 Å². The van der Waals surface area contributed by atoms with Crippen LogP contribution in [-0.2, 0) is 0 Å². The molecule has 1 unspecified atom stereocenters. The van der Waals surface area contributed by atoms with E-state index in [1.165, 1.54) is 4.88 Å². The number of hydrogen-bond donors (Lipinski definition) is 1. The van der Waals surface area contributed by atoms with E-state index in [1.807, 2.05) is 18.2 Å². The Bertz CT molecular complexity index is 655. The molecule has 2 aromatic heterocycles. The minimum Gasteiger partial charge on any atom is -0.459 e. The van der Waals surface area contributed by atoms with Crippen LogP contribution >= 0.6 is 27.3 Å². The Labute approximate surface area is 124 Å². The van der Waals surface area contributed by atoms with Gasteiger partial charge in [0.05, 0.1) is 0 Å². The number of benzene rings is 1. The Kier molecular flexibility index (Phi) is 3.73. The fraction of sp³-hybridized carbons (Fsp3) is 0.200. The Morgan fingerprint density at radius 3 is 2.84 bits per heavy atom. The molecule has 19 heavy (non-hydrogen) atoms. The Balaban J connectivity index is 2.03. The first-order valence-corrected chi connectivity index (χ1v) is 7.91. The van der Waals surface area contributed by atoms with Crippen molar-refractivity contribution >= 4 is 38.2 Å². The third kappa shape index (κ3) is 2.61. The van der Waals surface area contributed by atoms with Gasteiger partial charge >= 0.3 is 0 Å². The molecule has 0 aliphatic carbocycles. The summed E-state index contributed by atoms with van der Waals surface area (Å²) < 4.78 is 7.09. The zero-order valence-electron chi connectivity index (χ0n) is 10.5. The monoisotopic (exact) mass is 335 g/mol. The summed E-state index contributed by atoms with van der Waals surface area (Å²) in [6, 6.07) is 12.5. The highest BCUT2D eigenvalue weighted by molar-refractivity contribution is 9.10. The Morgan fingerprint density at radius 2 is 2.16 bits per heavy atom. The fourth-order valence-electron chi connectivity index (χ4n) is 2.17. The number of hydrogen-bond acceptors (Lipinski definition) is 3. The molecule has 0 saturated carbocycles. The standard InChI is InChI=1S/C15H14BrNOS/c1-2-17-15(14-8-11(16)9-19-14)13-7-10-5-3-4-6-12(10)18-13/h3-9,15,17H,2H2,1H3. The molecule has 0 bridgehead atoms. The van der Waals surface area contributed by atoms with Crippen molar-refractivity contribution in [3.05, 3.63) is 56.9 Å². The van der Waals surface area contributed by atoms with Gasteiger partial charge in [-0.3, -0.25) is 0 Å². The van der Waals surface area contributed by atoms with Crippen LogP contribution in [-0.4, -0.2) is 6.54 Å². The first-order valence-electron chi connectivity index (χ1n) is 6.23. The summed E-state index contributed by atoms with van der Waals surface area (Å²) >= 11 is 5.24. The zero-order valence-corrected chi connectivity index (χ0v) is 12.9. The SMILES string of the molecule is CCNC(c1cc2ccccc2o1)c1cc(Br)cs1. The molecule has 1 atom stereocenters. The van der Waals surface area contributed by atoms with Gasteiger partial charge in [-0.2, -0.15) is 0 Å². The molecule has 0 fully saturated rings. The lowest BCUT2D eigenvalue weighted by atomic mass is 10.1. The molecule has 0 amide bonds. The predicted molar refractivity (Wildman–Crippen MR) is 83.8 cm³/mol. The first-order chi connectivity index (χ1) is 9.28. The summed E-state index contributed by atoms with van der Waals surface area (Å²) in [5.41, 5.74) is 0.941. The molecule has 0 aliphatic heterocycles. The van der Waals surface area contributed by atoms with Crippen LogP contribution in [0.4, 0.5) is 0 Å². The van der Waals surface area contributed by atoms with Crippen molar-refractivity contribution in [2.24, 2.45) is 0 Å². The third-order valence-corrected chi connectivity index (χ3v) is 4.77. The van der Waals surface area contributed by atoms with E-state index < -0.39 is 0 Å².